The number of fused-ring (bicyclic) bond motifs is 1. The van der Waals surface area contributed by atoms with E-state index in [0.29, 0.717) is 30.4 Å². The Labute approximate surface area is 111 Å². The van der Waals surface area contributed by atoms with Crippen LogP contribution in [0, 0.1) is 6.92 Å². The Morgan fingerprint density at radius 2 is 2.00 bits per heavy atom. The van der Waals surface area contributed by atoms with Crippen molar-refractivity contribution in [3.8, 4) is 0 Å². The van der Waals surface area contributed by atoms with Gasteiger partial charge in [0.05, 0.1) is 17.7 Å². The number of anilines is 2. The average Bonchev–Trinajstić information content (AvgIpc) is 2.72. The monoisotopic (exact) mass is 281 g/mol. The summed E-state index contributed by atoms with van der Waals surface area (Å²) in [5.74, 6) is 1.54. The number of hydrogen-bond donors (Lipinski definition) is 1. The van der Waals surface area contributed by atoms with Crippen LogP contribution in [0.15, 0.2) is 12.3 Å². The van der Waals surface area contributed by atoms with Crippen LogP contribution in [0.4, 0.5) is 11.6 Å². The van der Waals surface area contributed by atoms with Crippen molar-refractivity contribution in [2.24, 2.45) is 0 Å². The van der Waals surface area contributed by atoms with Crippen molar-refractivity contribution < 1.29 is 8.42 Å². The number of nitrogens with zero attached hydrogens (tertiary/aromatic N) is 4. The molecule has 0 unspecified atom stereocenters. The lowest BCUT2D eigenvalue weighted by Crippen LogP contribution is -2.40. The molecule has 19 heavy (non-hydrogen) atoms. The highest BCUT2D eigenvalue weighted by molar-refractivity contribution is 7.91. The van der Waals surface area contributed by atoms with Gasteiger partial charge >= 0.3 is 0 Å². The summed E-state index contributed by atoms with van der Waals surface area (Å²) in [6.45, 7) is 2.83. The maximum Gasteiger partial charge on any atom is 0.162 e. The molecule has 7 nitrogen and oxygen atoms in total. The van der Waals surface area contributed by atoms with Crippen molar-refractivity contribution in [2.45, 2.75) is 6.92 Å². The standard InChI is InChI=1S/C11H15N5O2S/c1-8-7-13-16-9(12)6-10(14-11(8)16)15-2-4-19(17,18)5-3-15/h6-7H,2-5,12H2,1H3. The summed E-state index contributed by atoms with van der Waals surface area (Å²) in [5.41, 5.74) is 7.60. The Hall–Kier alpha value is -1.83. The lowest BCUT2D eigenvalue weighted by atomic mass is 10.3. The number of hydrogen-bond acceptors (Lipinski definition) is 6. The predicted octanol–water partition coefficient (Wildman–Crippen LogP) is -0.145. The molecule has 0 aromatic carbocycles. The van der Waals surface area contributed by atoms with E-state index < -0.39 is 9.84 Å². The summed E-state index contributed by atoms with van der Waals surface area (Å²) in [6, 6.07) is 1.73. The Morgan fingerprint density at radius 1 is 1.32 bits per heavy atom. The van der Waals surface area contributed by atoms with Crippen LogP contribution in [0.5, 0.6) is 0 Å². The van der Waals surface area contributed by atoms with Crippen LogP contribution in [-0.2, 0) is 9.84 Å². The first-order chi connectivity index (χ1) is 8.96. The van der Waals surface area contributed by atoms with Crippen LogP contribution in [0.3, 0.4) is 0 Å². The van der Waals surface area contributed by atoms with E-state index in [9.17, 15) is 8.42 Å². The Morgan fingerprint density at radius 3 is 2.68 bits per heavy atom. The van der Waals surface area contributed by atoms with Crippen LogP contribution < -0.4 is 10.6 Å². The van der Waals surface area contributed by atoms with Gasteiger partial charge in [0.2, 0.25) is 0 Å². The maximum absolute atomic E-state index is 11.4. The van der Waals surface area contributed by atoms with Crippen molar-refractivity contribution in [3.63, 3.8) is 0 Å². The second kappa shape index (κ2) is 4.09. The van der Waals surface area contributed by atoms with Gasteiger partial charge in [0.1, 0.15) is 11.6 Å². The average molecular weight is 281 g/mol. The molecule has 1 aliphatic rings. The summed E-state index contributed by atoms with van der Waals surface area (Å²) in [4.78, 5) is 6.47. The minimum Gasteiger partial charge on any atom is -0.383 e. The van der Waals surface area contributed by atoms with E-state index in [1.54, 1.807) is 16.8 Å². The van der Waals surface area contributed by atoms with Crippen molar-refractivity contribution in [3.05, 3.63) is 17.8 Å². The minimum absolute atomic E-state index is 0.165. The molecule has 2 aromatic rings. The minimum atomic E-state index is -2.89. The molecule has 2 N–H and O–H groups in total. The quantitative estimate of drug-likeness (QED) is 0.781. The second-order valence-electron chi connectivity index (χ2n) is 4.74. The third kappa shape index (κ3) is 2.12. The van der Waals surface area contributed by atoms with Gasteiger partial charge in [-0.2, -0.15) is 9.61 Å². The van der Waals surface area contributed by atoms with Crippen LogP contribution >= 0.6 is 0 Å². The molecule has 0 amide bonds. The van der Waals surface area contributed by atoms with Gasteiger partial charge in [-0.05, 0) is 6.92 Å². The third-order valence-electron chi connectivity index (χ3n) is 3.33. The molecule has 1 fully saturated rings. The molecule has 2 aromatic heterocycles. The molecule has 0 radical (unpaired) electrons. The van der Waals surface area contributed by atoms with Gasteiger partial charge in [-0.1, -0.05) is 0 Å². The number of aryl methyl sites for hydroxylation is 1. The molecule has 8 heteroatoms. The first-order valence-electron chi connectivity index (χ1n) is 6.02. The summed E-state index contributed by atoms with van der Waals surface area (Å²) in [5, 5.41) is 4.14. The van der Waals surface area contributed by atoms with Crippen LogP contribution in [0.2, 0.25) is 0 Å². The highest BCUT2D eigenvalue weighted by atomic mass is 32.2. The van der Waals surface area contributed by atoms with Crippen LogP contribution in [0.1, 0.15) is 5.56 Å². The summed E-state index contributed by atoms with van der Waals surface area (Å²) >= 11 is 0. The first-order valence-corrected chi connectivity index (χ1v) is 7.85. The van der Waals surface area contributed by atoms with Gasteiger partial charge in [0.15, 0.2) is 15.5 Å². The second-order valence-corrected chi connectivity index (χ2v) is 7.04. The SMILES string of the molecule is Cc1cnn2c(N)cc(N3CCS(=O)(=O)CC3)nc12. The molecule has 1 aliphatic heterocycles. The molecule has 0 atom stereocenters. The van der Waals surface area contributed by atoms with Gasteiger partial charge < -0.3 is 10.6 Å². The first kappa shape index (κ1) is 12.2. The zero-order valence-corrected chi connectivity index (χ0v) is 11.4. The third-order valence-corrected chi connectivity index (χ3v) is 4.94. The summed E-state index contributed by atoms with van der Waals surface area (Å²) < 4.78 is 24.5. The maximum atomic E-state index is 11.4. The molecule has 0 bridgehead atoms. The summed E-state index contributed by atoms with van der Waals surface area (Å²) in [7, 11) is -2.89. The highest BCUT2D eigenvalue weighted by Crippen LogP contribution is 2.20. The largest absolute Gasteiger partial charge is 0.383 e. The van der Waals surface area contributed by atoms with Crippen molar-refractivity contribution in [1.82, 2.24) is 14.6 Å². The fourth-order valence-corrected chi connectivity index (χ4v) is 3.39. The Balaban J connectivity index is 1.99. The van der Waals surface area contributed by atoms with E-state index in [-0.39, 0.29) is 11.5 Å². The Kier molecular flexibility index (Phi) is 2.63. The zero-order valence-electron chi connectivity index (χ0n) is 10.6. The number of nitrogens with two attached hydrogens (primary N) is 1. The number of aromatic nitrogens is 3. The molecule has 0 spiro atoms. The summed E-state index contributed by atoms with van der Waals surface area (Å²) in [6.07, 6.45) is 1.71. The lowest BCUT2D eigenvalue weighted by Gasteiger charge is -2.27. The molecule has 0 saturated carbocycles. The van der Waals surface area contributed by atoms with Gasteiger partial charge in [0, 0.05) is 24.7 Å². The lowest BCUT2D eigenvalue weighted by molar-refractivity contribution is 0.586. The van der Waals surface area contributed by atoms with Gasteiger partial charge in [0.25, 0.3) is 0 Å². The van der Waals surface area contributed by atoms with E-state index in [2.05, 4.69) is 10.1 Å². The number of sulfone groups is 1. The highest BCUT2D eigenvalue weighted by Gasteiger charge is 2.23. The van der Waals surface area contributed by atoms with Gasteiger partial charge in [-0.3, -0.25) is 0 Å². The molecule has 0 aliphatic carbocycles. The number of nitrogen functional groups attached to an aromatic ring is 1. The normalized spacial score (nSPS) is 18.9. The van der Waals surface area contributed by atoms with Crippen molar-refractivity contribution in [1.29, 1.82) is 0 Å². The van der Waals surface area contributed by atoms with E-state index in [0.717, 1.165) is 5.56 Å². The Bertz CT molecular complexity index is 723. The molecular weight excluding hydrogens is 266 g/mol. The van der Waals surface area contributed by atoms with E-state index in [1.807, 2.05) is 11.8 Å². The molecule has 102 valence electrons. The van der Waals surface area contributed by atoms with Crippen molar-refractivity contribution in [2.75, 3.05) is 35.2 Å². The van der Waals surface area contributed by atoms with E-state index in [1.165, 1.54) is 0 Å². The van der Waals surface area contributed by atoms with Gasteiger partial charge in [-0.15, -0.1) is 0 Å². The van der Waals surface area contributed by atoms with Crippen LogP contribution in [-0.4, -0.2) is 47.6 Å². The van der Waals surface area contributed by atoms with Crippen molar-refractivity contribution >= 4 is 27.1 Å². The molecule has 1 saturated heterocycles. The molecule has 3 heterocycles. The predicted molar refractivity (Wildman–Crippen MR) is 73.0 cm³/mol. The smallest absolute Gasteiger partial charge is 0.162 e. The van der Waals surface area contributed by atoms with E-state index >= 15 is 0 Å². The topological polar surface area (TPSA) is 93.6 Å². The van der Waals surface area contributed by atoms with Gasteiger partial charge in [-0.25, -0.2) is 13.4 Å². The zero-order chi connectivity index (χ0) is 13.6. The fraction of sp³-hybridized carbons (Fsp3) is 0.455. The fourth-order valence-electron chi connectivity index (χ4n) is 2.19. The number of rotatable bonds is 1. The van der Waals surface area contributed by atoms with Crippen LogP contribution in [0.25, 0.3) is 5.65 Å². The molecule has 3 rings (SSSR count). The van der Waals surface area contributed by atoms with E-state index in [4.69, 9.17) is 5.73 Å². The molecular formula is C11H15N5O2S.